The van der Waals surface area contributed by atoms with E-state index >= 15 is 0 Å². The smallest absolute Gasteiger partial charge is 0.244 e. The van der Waals surface area contributed by atoms with Crippen LogP contribution in [0.5, 0.6) is 0 Å². The van der Waals surface area contributed by atoms with Gasteiger partial charge < -0.3 is 15.5 Å². The highest BCUT2D eigenvalue weighted by Gasteiger charge is 2.18. The zero-order chi connectivity index (χ0) is 23.4. The summed E-state index contributed by atoms with van der Waals surface area (Å²) in [4.78, 5) is 31.3. The Morgan fingerprint density at radius 1 is 1.00 bits per heavy atom. The van der Waals surface area contributed by atoms with Crippen LogP contribution >= 0.6 is 0 Å². The van der Waals surface area contributed by atoms with E-state index < -0.39 is 0 Å². The first-order valence-electron chi connectivity index (χ1n) is 11.6. The number of rotatable bonds is 3. The van der Waals surface area contributed by atoms with Crippen LogP contribution in [0.25, 0.3) is 0 Å². The van der Waals surface area contributed by atoms with Crippen LogP contribution in [0.3, 0.4) is 0 Å². The molecule has 2 N–H and O–H groups in total. The number of nitrogens with one attached hydrogen (secondary N) is 2. The average Bonchev–Trinajstić information content (AvgIpc) is 3.37. The number of hydrogen-bond acceptors (Lipinski definition) is 5. The molecule has 0 unspecified atom stereocenters. The van der Waals surface area contributed by atoms with Gasteiger partial charge in [0.25, 0.3) is 0 Å². The van der Waals surface area contributed by atoms with E-state index in [1.165, 1.54) is 38.4 Å². The monoisotopic (exact) mass is 423 g/mol. The summed E-state index contributed by atoms with van der Waals surface area (Å²) in [6, 6.07) is 0. The third-order valence-electron chi connectivity index (χ3n) is 4.15. The lowest BCUT2D eigenvalue weighted by Gasteiger charge is -2.19. The van der Waals surface area contributed by atoms with E-state index in [9.17, 15) is 9.59 Å². The Morgan fingerprint density at radius 2 is 1.53 bits per heavy atom. The highest BCUT2D eigenvalue weighted by molar-refractivity contribution is 5.99. The summed E-state index contributed by atoms with van der Waals surface area (Å²) in [6.45, 7) is 12.2. The van der Waals surface area contributed by atoms with Crippen LogP contribution < -0.4 is 10.6 Å². The van der Waals surface area contributed by atoms with Gasteiger partial charge in [-0.2, -0.15) is 0 Å². The molecule has 174 valence electrons. The molecule has 1 fully saturated rings. The number of amides is 2. The molecule has 2 heterocycles. The van der Waals surface area contributed by atoms with Crippen LogP contribution in [0.1, 0.15) is 92.2 Å². The minimum absolute atomic E-state index is 0.0568. The number of fused-ring (bicyclic) bond motifs is 1. The van der Waals surface area contributed by atoms with Crippen LogP contribution in [0.15, 0.2) is 6.33 Å². The molecule has 7 nitrogen and oxygen atoms in total. The lowest BCUT2D eigenvalue weighted by molar-refractivity contribution is -0.128. The molecule has 3 rings (SSSR count). The summed E-state index contributed by atoms with van der Waals surface area (Å²) < 4.78 is 0. The Labute approximate surface area is 184 Å². The molecule has 30 heavy (non-hydrogen) atoms. The van der Waals surface area contributed by atoms with Crippen molar-refractivity contribution in [1.29, 1.82) is 0 Å². The summed E-state index contributed by atoms with van der Waals surface area (Å²) >= 11 is 0. The normalized spacial score (nSPS) is 13.0. The Balaban J connectivity index is 0. The van der Waals surface area contributed by atoms with Crippen LogP contribution in [0, 0.1) is 0 Å². The van der Waals surface area contributed by atoms with E-state index in [1.807, 2.05) is 34.6 Å². The lowest BCUT2D eigenvalue weighted by Crippen LogP contribution is -2.29. The largest absolute Gasteiger partial charge is 0.372 e. The fourth-order valence-corrected chi connectivity index (χ4v) is 2.67. The second kappa shape index (κ2) is 20.1. The van der Waals surface area contributed by atoms with Crippen molar-refractivity contribution in [2.75, 3.05) is 31.3 Å². The van der Waals surface area contributed by atoms with Gasteiger partial charge in [0.05, 0.1) is 17.9 Å². The number of nitrogens with zero attached hydrogens (tertiary/aromatic N) is 3. The molecule has 2 aliphatic rings. The predicted molar refractivity (Wildman–Crippen MR) is 128 cm³/mol. The fraction of sp³-hybridized carbons (Fsp3) is 0.739. The summed E-state index contributed by atoms with van der Waals surface area (Å²) in [5.41, 5.74) is 1.84. The van der Waals surface area contributed by atoms with Crippen molar-refractivity contribution in [2.45, 2.75) is 92.9 Å². The summed E-state index contributed by atoms with van der Waals surface area (Å²) in [5.74, 6) is 0.721. The minimum atomic E-state index is -0.0568. The highest BCUT2D eigenvalue weighted by Crippen LogP contribution is 2.25. The molecule has 0 bridgehead atoms. The zero-order valence-electron chi connectivity index (χ0n) is 20.6. The number of anilines is 2. The summed E-state index contributed by atoms with van der Waals surface area (Å²) in [7, 11) is 3.51. The van der Waals surface area contributed by atoms with E-state index in [0.717, 1.165) is 24.2 Å². The lowest BCUT2D eigenvalue weighted by atomic mass is 10.2. The van der Waals surface area contributed by atoms with E-state index in [1.54, 1.807) is 19.0 Å². The maximum Gasteiger partial charge on any atom is 0.244 e. The molecule has 1 aliphatic carbocycles. The maximum absolute atomic E-state index is 11.1. The molecule has 1 saturated carbocycles. The molecule has 0 radical (unpaired) electrons. The van der Waals surface area contributed by atoms with Crippen molar-refractivity contribution in [3.63, 3.8) is 0 Å². The number of aromatic nitrogens is 2. The first kappa shape index (κ1) is 30.0. The Morgan fingerprint density at radius 3 is 1.93 bits per heavy atom. The Kier molecular flexibility index (Phi) is 20.1. The quantitative estimate of drug-likeness (QED) is 0.690. The molecule has 1 aliphatic heterocycles. The average molecular weight is 424 g/mol. The molecule has 2 amide bonds. The van der Waals surface area contributed by atoms with Gasteiger partial charge in [0.2, 0.25) is 11.8 Å². The van der Waals surface area contributed by atoms with Crippen molar-refractivity contribution in [1.82, 2.24) is 14.9 Å². The predicted octanol–water partition coefficient (Wildman–Crippen LogP) is 5.28. The van der Waals surface area contributed by atoms with Gasteiger partial charge in [-0.3, -0.25) is 9.59 Å². The second-order valence-electron chi connectivity index (χ2n) is 6.61. The van der Waals surface area contributed by atoms with Crippen LogP contribution in [0.4, 0.5) is 11.5 Å². The topological polar surface area (TPSA) is 87.2 Å². The molecular weight excluding hydrogens is 378 g/mol. The Bertz CT molecular complexity index is 565. The third-order valence-corrected chi connectivity index (χ3v) is 4.15. The van der Waals surface area contributed by atoms with Gasteiger partial charge in [0.15, 0.2) is 5.82 Å². The van der Waals surface area contributed by atoms with E-state index in [-0.39, 0.29) is 11.8 Å². The molecule has 1 aromatic rings. The number of aryl methyl sites for hydroxylation is 1. The maximum atomic E-state index is 11.1. The zero-order valence-corrected chi connectivity index (χ0v) is 20.6. The standard InChI is InChI=1S/C9H12N4O.C5H11NO.C5H10.2C2H6/c1-2-3-6-8-9(12-5-11-6)13-7(14)4-10-8;1-4-5(7)6(2)3;1-2-4-5-3-1;2*1-2/h5,10H,2-4H2,1H3,(H,11,12,13,14);4H2,1-3H3;1-5H2;2*1-2H3. The van der Waals surface area contributed by atoms with Gasteiger partial charge in [-0.05, 0) is 6.42 Å². The molecular formula is C23H45N5O2. The third kappa shape index (κ3) is 13.1. The highest BCUT2D eigenvalue weighted by atomic mass is 16.2. The van der Waals surface area contributed by atoms with E-state index in [2.05, 4.69) is 27.5 Å². The van der Waals surface area contributed by atoms with Crippen LogP contribution in [-0.2, 0) is 16.0 Å². The van der Waals surface area contributed by atoms with E-state index in [0.29, 0.717) is 18.8 Å². The molecule has 0 spiro atoms. The van der Waals surface area contributed by atoms with E-state index in [4.69, 9.17) is 0 Å². The summed E-state index contributed by atoms with van der Waals surface area (Å²) in [6.07, 6.45) is 11.5. The Hall–Kier alpha value is -2.18. The number of carbonyl (C=O) groups is 2. The minimum Gasteiger partial charge on any atom is -0.372 e. The first-order chi connectivity index (χ1) is 14.5. The first-order valence-corrected chi connectivity index (χ1v) is 11.6. The molecule has 0 atom stereocenters. The van der Waals surface area contributed by atoms with Crippen LogP contribution in [-0.4, -0.2) is 47.3 Å². The van der Waals surface area contributed by atoms with Crippen molar-refractivity contribution < 1.29 is 9.59 Å². The molecule has 0 saturated heterocycles. The van der Waals surface area contributed by atoms with Gasteiger partial charge in [0, 0.05) is 20.5 Å². The SMILES string of the molecule is C1CCCC1.CC.CC.CCC(=O)N(C)C.CCCc1ncnc2c1NCC(=O)N2. The van der Waals surface area contributed by atoms with Gasteiger partial charge in [0.1, 0.15) is 6.33 Å². The van der Waals surface area contributed by atoms with Crippen molar-refractivity contribution in [3.05, 3.63) is 12.0 Å². The van der Waals surface area contributed by atoms with Crippen LogP contribution in [0.2, 0.25) is 0 Å². The molecule has 0 aromatic carbocycles. The number of hydrogen-bond donors (Lipinski definition) is 2. The van der Waals surface area contributed by atoms with Crippen molar-refractivity contribution >= 4 is 23.3 Å². The fourth-order valence-electron chi connectivity index (χ4n) is 2.67. The van der Waals surface area contributed by atoms with Gasteiger partial charge in [-0.15, -0.1) is 0 Å². The summed E-state index contributed by atoms with van der Waals surface area (Å²) in [5, 5.41) is 5.73. The molecule has 1 aromatic heterocycles. The second-order valence-corrected chi connectivity index (χ2v) is 6.61. The van der Waals surface area contributed by atoms with Crippen molar-refractivity contribution in [3.8, 4) is 0 Å². The number of carbonyl (C=O) groups excluding carboxylic acids is 2. The van der Waals surface area contributed by atoms with Gasteiger partial charge >= 0.3 is 0 Å². The van der Waals surface area contributed by atoms with Crippen molar-refractivity contribution in [2.24, 2.45) is 0 Å². The van der Waals surface area contributed by atoms with Gasteiger partial charge in [-0.1, -0.05) is 80.1 Å². The van der Waals surface area contributed by atoms with Gasteiger partial charge in [-0.25, -0.2) is 9.97 Å². The molecule has 7 heteroatoms.